The first-order valence-electron chi connectivity index (χ1n) is 11.1. The Bertz CT molecular complexity index is 1750. The van der Waals surface area contributed by atoms with Crippen LogP contribution in [-0.2, 0) is 4.79 Å². The number of rotatable bonds is 5. The number of H-pyrrole nitrogens is 1. The summed E-state index contributed by atoms with van der Waals surface area (Å²) in [5.41, 5.74) is 2.00. The summed E-state index contributed by atoms with van der Waals surface area (Å²) in [5, 5.41) is 12.4. The molecule has 5 aromatic rings. The number of halogens is 1. The Kier molecular flexibility index (Phi) is 5.46. The molecular formula is C25H18ClN7O4. The number of nitrogens with one attached hydrogen (secondary N) is 2. The van der Waals surface area contributed by atoms with Gasteiger partial charge in [0.25, 0.3) is 5.56 Å². The van der Waals surface area contributed by atoms with Gasteiger partial charge in [-0.3, -0.25) is 14.6 Å². The van der Waals surface area contributed by atoms with E-state index in [-0.39, 0.29) is 12.7 Å². The smallest absolute Gasteiger partial charge is 0.263 e. The quantitative estimate of drug-likeness (QED) is 0.342. The van der Waals surface area contributed by atoms with Crippen LogP contribution in [0.4, 0.5) is 5.82 Å². The molecule has 6 rings (SSSR count). The second kappa shape index (κ2) is 8.95. The van der Waals surface area contributed by atoms with Gasteiger partial charge in [0.05, 0.1) is 17.6 Å². The van der Waals surface area contributed by atoms with Crippen LogP contribution < -0.4 is 20.3 Å². The van der Waals surface area contributed by atoms with Gasteiger partial charge in [-0.2, -0.15) is 19.9 Å². The van der Waals surface area contributed by atoms with E-state index < -0.39 is 11.5 Å². The monoisotopic (exact) mass is 515 g/mol. The van der Waals surface area contributed by atoms with Crippen LogP contribution in [0.2, 0.25) is 5.02 Å². The maximum atomic E-state index is 12.8. The zero-order valence-corrected chi connectivity index (χ0v) is 20.1. The molecule has 37 heavy (non-hydrogen) atoms. The largest absolute Gasteiger partial charge is 0.454 e. The SMILES string of the molecule is Cc1cc(NC(=O)/C=C\c2ccc3c(c2)OCO3)n(-c2nc3c(cnn3-c3ccc(Cl)cc3)c(=O)[nH]2)n1. The highest BCUT2D eigenvalue weighted by Crippen LogP contribution is 2.32. The predicted octanol–water partition coefficient (Wildman–Crippen LogP) is 3.64. The van der Waals surface area contributed by atoms with Gasteiger partial charge in [0, 0.05) is 17.2 Å². The van der Waals surface area contributed by atoms with E-state index in [4.69, 9.17) is 21.1 Å². The molecule has 2 aromatic carbocycles. The van der Waals surface area contributed by atoms with Crippen molar-refractivity contribution in [1.29, 1.82) is 0 Å². The van der Waals surface area contributed by atoms with Gasteiger partial charge in [-0.15, -0.1) is 0 Å². The molecule has 0 aliphatic carbocycles. The molecule has 1 aliphatic heterocycles. The lowest BCUT2D eigenvalue weighted by Crippen LogP contribution is -2.18. The van der Waals surface area contributed by atoms with E-state index in [9.17, 15) is 9.59 Å². The number of fused-ring (bicyclic) bond motifs is 2. The molecular weight excluding hydrogens is 498 g/mol. The fourth-order valence-electron chi connectivity index (χ4n) is 3.89. The van der Waals surface area contributed by atoms with Crippen molar-refractivity contribution in [3.05, 3.63) is 87.4 Å². The summed E-state index contributed by atoms with van der Waals surface area (Å²) in [7, 11) is 0. The van der Waals surface area contributed by atoms with Crippen molar-refractivity contribution in [2.24, 2.45) is 0 Å². The lowest BCUT2D eigenvalue weighted by molar-refractivity contribution is -0.111. The molecule has 0 fully saturated rings. The molecule has 0 unspecified atom stereocenters. The fourth-order valence-corrected chi connectivity index (χ4v) is 4.01. The van der Waals surface area contributed by atoms with Crippen LogP contribution in [0.5, 0.6) is 11.5 Å². The van der Waals surface area contributed by atoms with Gasteiger partial charge >= 0.3 is 0 Å². The van der Waals surface area contributed by atoms with Crippen molar-refractivity contribution < 1.29 is 14.3 Å². The van der Waals surface area contributed by atoms with Crippen LogP contribution in [0.1, 0.15) is 11.3 Å². The number of aromatic nitrogens is 6. The Morgan fingerprint density at radius 1 is 1.11 bits per heavy atom. The summed E-state index contributed by atoms with van der Waals surface area (Å²) in [4.78, 5) is 32.8. The van der Waals surface area contributed by atoms with Gasteiger partial charge in [0.15, 0.2) is 17.1 Å². The van der Waals surface area contributed by atoms with Crippen molar-refractivity contribution in [3.63, 3.8) is 0 Å². The molecule has 0 atom stereocenters. The lowest BCUT2D eigenvalue weighted by atomic mass is 10.2. The first kappa shape index (κ1) is 22.6. The van der Waals surface area contributed by atoms with Crippen molar-refractivity contribution in [3.8, 4) is 23.1 Å². The number of ether oxygens (including phenoxy) is 2. The van der Waals surface area contributed by atoms with Crippen LogP contribution >= 0.6 is 11.6 Å². The van der Waals surface area contributed by atoms with Crippen LogP contribution in [0.15, 0.2) is 65.6 Å². The number of aryl methyl sites for hydroxylation is 1. The summed E-state index contributed by atoms with van der Waals surface area (Å²) in [6.07, 6.45) is 4.48. The minimum atomic E-state index is -0.395. The molecule has 0 saturated heterocycles. The Morgan fingerprint density at radius 2 is 1.92 bits per heavy atom. The molecule has 1 aliphatic rings. The first-order chi connectivity index (χ1) is 17.9. The molecule has 0 saturated carbocycles. The molecule has 2 N–H and O–H groups in total. The first-order valence-corrected chi connectivity index (χ1v) is 11.5. The highest BCUT2D eigenvalue weighted by Gasteiger charge is 2.17. The van der Waals surface area contributed by atoms with Gasteiger partial charge in [0.2, 0.25) is 18.6 Å². The Balaban J connectivity index is 1.31. The van der Waals surface area contributed by atoms with Gasteiger partial charge in [0.1, 0.15) is 11.2 Å². The van der Waals surface area contributed by atoms with Gasteiger partial charge < -0.3 is 14.8 Å². The minimum absolute atomic E-state index is 0.122. The van der Waals surface area contributed by atoms with E-state index in [0.29, 0.717) is 44.8 Å². The summed E-state index contributed by atoms with van der Waals surface area (Å²) < 4.78 is 13.6. The summed E-state index contributed by atoms with van der Waals surface area (Å²) in [6, 6.07) is 14.0. The summed E-state index contributed by atoms with van der Waals surface area (Å²) >= 11 is 6.00. The normalized spacial score (nSPS) is 12.5. The van der Waals surface area contributed by atoms with Crippen molar-refractivity contribution in [1.82, 2.24) is 29.5 Å². The van der Waals surface area contributed by atoms with Crippen LogP contribution in [0.25, 0.3) is 28.7 Å². The van der Waals surface area contributed by atoms with Gasteiger partial charge in [-0.05, 0) is 55.0 Å². The molecule has 11 nitrogen and oxygen atoms in total. The molecule has 0 radical (unpaired) electrons. The van der Waals surface area contributed by atoms with Crippen molar-refractivity contribution in [2.45, 2.75) is 6.92 Å². The molecule has 4 heterocycles. The second-order valence-corrected chi connectivity index (χ2v) is 8.61. The highest BCUT2D eigenvalue weighted by molar-refractivity contribution is 6.30. The average molecular weight is 516 g/mol. The molecule has 3 aromatic heterocycles. The van der Waals surface area contributed by atoms with Crippen LogP contribution in [0, 0.1) is 6.92 Å². The third kappa shape index (κ3) is 4.32. The number of anilines is 1. The Hall–Kier alpha value is -4.90. The predicted molar refractivity (Wildman–Crippen MR) is 137 cm³/mol. The van der Waals surface area contributed by atoms with E-state index in [1.54, 1.807) is 55.5 Å². The number of hydrogen-bond acceptors (Lipinski definition) is 7. The van der Waals surface area contributed by atoms with Gasteiger partial charge in [-0.1, -0.05) is 17.7 Å². The molecule has 0 spiro atoms. The molecule has 1 amide bonds. The van der Waals surface area contributed by atoms with Crippen molar-refractivity contribution >= 4 is 40.4 Å². The van der Waals surface area contributed by atoms with E-state index in [0.717, 1.165) is 5.56 Å². The van der Waals surface area contributed by atoms with E-state index in [1.165, 1.54) is 21.6 Å². The van der Waals surface area contributed by atoms with Gasteiger partial charge in [-0.25, -0.2) is 4.68 Å². The maximum absolute atomic E-state index is 12.8. The number of aromatic amines is 1. The zero-order chi connectivity index (χ0) is 25.5. The van der Waals surface area contributed by atoms with E-state index >= 15 is 0 Å². The van der Waals surface area contributed by atoms with E-state index in [1.807, 2.05) is 6.07 Å². The summed E-state index contributed by atoms with van der Waals surface area (Å²) in [6.45, 7) is 1.94. The number of benzene rings is 2. The highest BCUT2D eigenvalue weighted by atomic mass is 35.5. The molecule has 184 valence electrons. The van der Waals surface area contributed by atoms with E-state index in [2.05, 4.69) is 25.5 Å². The lowest BCUT2D eigenvalue weighted by Gasteiger charge is -2.08. The Labute approximate surface area is 213 Å². The average Bonchev–Trinajstić information content (AvgIpc) is 3.61. The van der Waals surface area contributed by atoms with Crippen LogP contribution in [-0.4, -0.2) is 42.2 Å². The molecule has 0 bridgehead atoms. The van der Waals surface area contributed by atoms with Crippen LogP contribution in [0.3, 0.4) is 0 Å². The third-order valence-corrected chi connectivity index (χ3v) is 5.86. The summed E-state index contributed by atoms with van der Waals surface area (Å²) in [5.74, 6) is 1.35. The number of hydrogen-bond donors (Lipinski definition) is 2. The second-order valence-electron chi connectivity index (χ2n) is 8.18. The van der Waals surface area contributed by atoms with Crippen molar-refractivity contribution in [2.75, 3.05) is 12.1 Å². The topological polar surface area (TPSA) is 129 Å². The fraction of sp³-hybridized carbons (Fsp3) is 0.0800. The standard InChI is InChI=1S/C25H18ClN7O4/c1-14-10-21(28-22(34)9-3-15-2-8-19-20(11-15)37-13-36-19)33(31-14)25-29-23-18(24(35)30-25)12-27-32(23)17-6-4-16(26)5-7-17/h2-12H,13H2,1H3,(H,28,34)(H,29,30,35)/b9-3-. The number of carbonyl (C=O) groups is 1. The Morgan fingerprint density at radius 3 is 2.76 bits per heavy atom. The maximum Gasteiger partial charge on any atom is 0.263 e. The minimum Gasteiger partial charge on any atom is -0.454 e. The third-order valence-electron chi connectivity index (χ3n) is 5.60. The number of amides is 1. The zero-order valence-electron chi connectivity index (χ0n) is 19.3. The number of nitrogens with zero attached hydrogens (tertiary/aromatic N) is 5. The number of carbonyl (C=O) groups excluding carboxylic acids is 1. The molecule has 12 heteroatoms.